The number of rotatable bonds is 4. The number of hydrogen-bond acceptors (Lipinski definition) is 4. The van der Waals surface area contributed by atoms with Gasteiger partial charge in [-0.25, -0.2) is 18.7 Å². The van der Waals surface area contributed by atoms with Gasteiger partial charge in [-0.15, -0.1) is 0 Å². The van der Waals surface area contributed by atoms with Crippen molar-refractivity contribution in [2.24, 2.45) is 0 Å². The van der Waals surface area contributed by atoms with Crippen molar-refractivity contribution in [2.75, 3.05) is 13.1 Å². The van der Waals surface area contributed by atoms with Crippen molar-refractivity contribution in [3.8, 4) is 0 Å². The molecule has 4 rings (SSSR count). The summed E-state index contributed by atoms with van der Waals surface area (Å²) in [5.74, 6) is -1.04. The minimum atomic E-state index is -0.931. The molecule has 28 heavy (non-hydrogen) atoms. The van der Waals surface area contributed by atoms with Crippen LogP contribution in [0.5, 0.6) is 0 Å². The Morgan fingerprint density at radius 2 is 1.86 bits per heavy atom. The first-order chi connectivity index (χ1) is 13.6. The van der Waals surface area contributed by atoms with Gasteiger partial charge >= 0.3 is 0 Å². The summed E-state index contributed by atoms with van der Waals surface area (Å²) in [6, 6.07) is 4.62. The molecule has 3 aromatic rings. The number of imidazole rings is 1. The molecule has 8 heteroatoms. The number of likely N-dealkylation sites (tertiary alicyclic amines) is 1. The van der Waals surface area contributed by atoms with Crippen LogP contribution >= 0.6 is 0 Å². The van der Waals surface area contributed by atoms with Crippen LogP contribution in [0.4, 0.5) is 8.78 Å². The number of halogens is 2. The summed E-state index contributed by atoms with van der Waals surface area (Å²) in [5.41, 5.74) is 0.804. The van der Waals surface area contributed by atoms with E-state index in [1.165, 1.54) is 0 Å². The van der Waals surface area contributed by atoms with Crippen LogP contribution < -0.4 is 0 Å². The molecule has 4 heterocycles. The van der Waals surface area contributed by atoms with E-state index in [0.29, 0.717) is 25.7 Å². The Labute approximate surface area is 160 Å². The normalized spacial score (nSPS) is 15.0. The second kappa shape index (κ2) is 7.84. The minimum absolute atomic E-state index is 0.215. The molecule has 6 nitrogen and oxygen atoms in total. The summed E-state index contributed by atoms with van der Waals surface area (Å²) in [6.07, 6.45) is 9.57. The molecule has 0 N–H and O–H groups in total. The first kappa shape index (κ1) is 18.2. The highest BCUT2D eigenvalue weighted by Crippen LogP contribution is 2.28. The molecule has 144 valence electrons. The van der Waals surface area contributed by atoms with Crippen molar-refractivity contribution in [3.63, 3.8) is 0 Å². The molecule has 1 saturated heterocycles. The van der Waals surface area contributed by atoms with Crippen molar-refractivity contribution in [2.45, 2.75) is 25.3 Å². The molecule has 0 spiro atoms. The van der Waals surface area contributed by atoms with E-state index in [0.717, 1.165) is 30.4 Å². The second-order valence-electron chi connectivity index (χ2n) is 6.82. The van der Waals surface area contributed by atoms with Gasteiger partial charge < -0.3 is 9.47 Å². The van der Waals surface area contributed by atoms with Gasteiger partial charge in [0.15, 0.2) is 11.5 Å². The lowest BCUT2D eigenvalue weighted by molar-refractivity contribution is 0.0699. The fourth-order valence-electron chi connectivity index (χ4n) is 3.56. The Hall–Kier alpha value is -3.16. The third kappa shape index (κ3) is 3.76. The van der Waals surface area contributed by atoms with Crippen LogP contribution in [0.3, 0.4) is 0 Å². The van der Waals surface area contributed by atoms with Crippen LogP contribution in [0, 0.1) is 11.6 Å². The number of nitrogens with zero attached hydrogens (tertiary/aromatic N) is 5. The first-order valence-corrected chi connectivity index (χ1v) is 9.12. The zero-order valence-electron chi connectivity index (χ0n) is 15.1. The number of aromatic nitrogens is 4. The van der Waals surface area contributed by atoms with E-state index in [9.17, 15) is 13.6 Å². The fourth-order valence-corrected chi connectivity index (χ4v) is 3.56. The average Bonchev–Trinajstić information content (AvgIpc) is 3.16. The average molecular weight is 383 g/mol. The van der Waals surface area contributed by atoms with Crippen LogP contribution in [0.15, 0.2) is 49.2 Å². The highest BCUT2D eigenvalue weighted by atomic mass is 19.1. The standard InChI is InChI=1S/C20H19F2N5O/c21-16-11-17(22)18(25-12-16)20(28)26-8-3-15(4-9-26)19-24-7-10-27(19)13-14-1-5-23-6-2-14/h1-2,5-7,10-12,15H,3-4,8-9,13H2. The summed E-state index contributed by atoms with van der Waals surface area (Å²) >= 11 is 0. The van der Waals surface area contributed by atoms with Gasteiger partial charge in [0, 0.05) is 56.4 Å². The lowest BCUT2D eigenvalue weighted by Gasteiger charge is -2.31. The van der Waals surface area contributed by atoms with Gasteiger partial charge in [-0.2, -0.15) is 0 Å². The van der Waals surface area contributed by atoms with Gasteiger partial charge in [0.25, 0.3) is 5.91 Å². The number of carbonyl (C=O) groups excluding carboxylic acids is 1. The molecule has 0 radical (unpaired) electrons. The largest absolute Gasteiger partial charge is 0.337 e. The maximum Gasteiger partial charge on any atom is 0.275 e. The molecule has 1 aliphatic rings. The molecule has 1 fully saturated rings. The van der Waals surface area contributed by atoms with Gasteiger partial charge in [-0.1, -0.05) is 0 Å². The number of piperidine rings is 1. The third-order valence-corrected chi connectivity index (χ3v) is 5.01. The SMILES string of the molecule is O=C(c1ncc(F)cc1F)N1CCC(c2nccn2Cc2ccncc2)CC1. The quantitative estimate of drug-likeness (QED) is 0.695. The van der Waals surface area contributed by atoms with Crippen LogP contribution in [-0.2, 0) is 6.54 Å². The molecule has 1 aliphatic heterocycles. The van der Waals surface area contributed by atoms with Crippen LogP contribution in [-0.4, -0.2) is 43.4 Å². The predicted molar refractivity (Wildman–Crippen MR) is 97.6 cm³/mol. The first-order valence-electron chi connectivity index (χ1n) is 9.12. The van der Waals surface area contributed by atoms with Crippen molar-refractivity contribution in [1.29, 1.82) is 0 Å². The number of carbonyl (C=O) groups is 1. The Balaban J connectivity index is 1.42. The van der Waals surface area contributed by atoms with Crippen LogP contribution in [0.2, 0.25) is 0 Å². The van der Waals surface area contributed by atoms with Crippen LogP contribution in [0.1, 0.15) is 40.6 Å². The van der Waals surface area contributed by atoms with Gasteiger partial charge in [0.05, 0.1) is 6.20 Å². The Bertz CT molecular complexity index is 968. The predicted octanol–water partition coefficient (Wildman–Crippen LogP) is 3.02. The van der Waals surface area contributed by atoms with Crippen molar-refractivity contribution < 1.29 is 13.6 Å². The van der Waals surface area contributed by atoms with Crippen LogP contribution in [0.25, 0.3) is 0 Å². The molecule has 3 aromatic heterocycles. The molecular weight excluding hydrogens is 364 g/mol. The number of amides is 1. The summed E-state index contributed by atoms with van der Waals surface area (Å²) in [7, 11) is 0. The topological polar surface area (TPSA) is 63.9 Å². The highest BCUT2D eigenvalue weighted by molar-refractivity contribution is 5.92. The third-order valence-electron chi connectivity index (χ3n) is 5.01. The van der Waals surface area contributed by atoms with Crippen molar-refractivity contribution in [1.82, 2.24) is 24.4 Å². The summed E-state index contributed by atoms with van der Waals surface area (Å²) in [4.78, 5) is 26.2. The Morgan fingerprint density at radius 1 is 1.11 bits per heavy atom. The van der Waals surface area contributed by atoms with E-state index >= 15 is 0 Å². The molecule has 0 unspecified atom stereocenters. The lowest BCUT2D eigenvalue weighted by atomic mass is 9.95. The fraction of sp³-hybridized carbons (Fsp3) is 0.300. The van der Waals surface area contributed by atoms with E-state index in [2.05, 4.69) is 19.5 Å². The summed E-state index contributed by atoms with van der Waals surface area (Å²) < 4.78 is 29.0. The minimum Gasteiger partial charge on any atom is -0.337 e. The zero-order valence-corrected chi connectivity index (χ0v) is 15.1. The van der Waals surface area contributed by atoms with Gasteiger partial charge in [-0.3, -0.25) is 9.78 Å². The molecule has 0 bridgehead atoms. The van der Waals surface area contributed by atoms with E-state index in [4.69, 9.17) is 0 Å². The lowest BCUT2D eigenvalue weighted by Crippen LogP contribution is -2.39. The van der Waals surface area contributed by atoms with E-state index in [-0.39, 0.29) is 11.6 Å². The van der Waals surface area contributed by atoms with E-state index in [1.807, 2.05) is 18.3 Å². The Morgan fingerprint density at radius 3 is 2.57 bits per heavy atom. The maximum atomic E-state index is 13.8. The molecule has 0 saturated carbocycles. The summed E-state index contributed by atoms with van der Waals surface area (Å²) in [5, 5.41) is 0. The van der Waals surface area contributed by atoms with Crippen molar-refractivity contribution >= 4 is 5.91 Å². The monoisotopic (exact) mass is 383 g/mol. The van der Waals surface area contributed by atoms with Crippen molar-refractivity contribution in [3.05, 3.63) is 77.9 Å². The second-order valence-corrected chi connectivity index (χ2v) is 6.82. The van der Waals surface area contributed by atoms with Gasteiger partial charge in [-0.05, 0) is 30.5 Å². The van der Waals surface area contributed by atoms with Gasteiger partial charge in [0.2, 0.25) is 0 Å². The molecule has 0 aliphatic carbocycles. The molecule has 0 aromatic carbocycles. The summed E-state index contributed by atoms with van der Waals surface area (Å²) in [6.45, 7) is 1.66. The number of pyridine rings is 2. The molecule has 0 atom stereocenters. The van der Waals surface area contributed by atoms with Gasteiger partial charge in [0.1, 0.15) is 11.6 Å². The van der Waals surface area contributed by atoms with E-state index in [1.54, 1.807) is 23.5 Å². The molecule has 1 amide bonds. The number of hydrogen-bond donors (Lipinski definition) is 0. The molecular formula is C20H19F2N5O. The maximum absolute atomic E-state index is 13.8. The zero-order chi connectivity index (χ0) is 19.5. The Kier molecular flexibility index (Phi) is 5.10. The van der Waals surface area contributed by atoms with E-state index < -0.39 is 17.5 Å². The smallest absolute Gasteiger partial charge is 0.275 e. The highest BCUT2D eigenvalue weighted by Gasteiger charge is 2.28.